The van der Waals surface area contributed by atoms with E-state index in [4.69, 9.17) is 4.98 Å². The van der Waals surface area contributed by atoms with Crippen LogP contribution in [0.25, 0.3) is 22.2 Å². The van der Waals surface area contributed by atoms with Crippen LogP contribution < -0.4 is 5.43 Å². The van der Waals surface area contributed by atoms with Crippen LogP contribution >= 0.6 is 11.3 Å². The Morgan fingerprint density at radius 3 is 2.65 bits per heavy atom. The van der Waals surface area contributed by atoms with Crippen molar-refractivity contribution in [2.75, 3.05) is 0 Å². The lowest BCUT2D eigenvalue weighted by Gasteiger charge is -2.11. The maximum absolute atomic E-state index is 13.0. The summed E-state index contributed by atoms with van der Waals surface area (Å²) in [6.07, 6.45) is 2.79. The van der Waals surface area contributed by atoms with Gasteiger partial charge in [0.1, 0.15) is 0 Å². The van der Waals surface area contributed by atoms with Crippen molar-refractivity contribution >= 4 is 34.4 Å². The van der Waals surface area contributed by atoms with Gasteiger partial charge >= 0.3 is 0 Å². The van der Waals surface area contributed by atoms with Gasteiger partial charge in [-0.2, -0.15) is 5.10 Å². The van der Waals surface area contributed by atoms with Gasteiger partial charge < -0.3 is 0 Å². The molecule has 0 radical (unpaired) electrons. The summed E-state index contributed by atoms with van der Waals surface area (Å²) in [7, 11) is 0. The summed E-state index contributed by atoms with van der Waals surface area (Å²) >= 11 is 1.59. The Morgan fingerprint density at radius 1 is 1.16 bits per heavy atom. The third-order valence-corrected chi connectivity index (χ3v) is 6.55. The molecule has 4 aromatic rings. The molecule has 0 fully saturated rings. The van der Waals surface area contributed by atoms with Gasteiger partial charge in [-0.1, -0.05) is 56.3 Å². The minimum atomic E-state index is -0.249. The van der Waals surface area contributed by atoms with E-state index in [0.717, 1.165) is 39.0 Å². The van der Waals surface area contributed by atoms with Crippen LogP contribution in [0.3, 0.4) is 0 Å². The number of thiophene rings is 1. The third kappa shape index (κ3) is 4.57. The minimum Gasteiger partial charge on any atom is -0.267 e. The average Bonchev–Trinajstić information content (AvgIpc) is 3.22. The highest BCUT2D eigenvalue weighted by Crippen LogP contribution is 2.27. The Kier molecular flexibility index (Phi) is 6.23. The molecular formula is C26H25N3OS. The zero-order valence-electron chi connectivity index (χ0n) is 17.9. The van der Waals surface area contributed by atoms with E-state index >= 15 is 0 Å². The Labute approximate surface area is 186 Å². The number of carbonyl (C=O) groups is 1. The number of nitrogens with one attached hydrogen (secondary N) is 1. The lowest BCUT2D eigenvalue weighted by Crippen LogP contribution is -2.18. The standard InChI is InChI=1S/C26H25N3OS/c1-4-17(2)19-9-11-20(12-10-19)24-15-22(21-7-5-6-8-23(21)28-24)26(30)29-27-16-25-18(3)13-14-31-25/h5-17H,4H2,1-3H3,(H,29,30)/t17-/m1/s1. The van der Waals surface area contributed by atoms with Gasteiger partial charge in [0.2, 0.25) is 0 Å². The lowest BCUT2D eigenvalue weighted by atomic mass is 9.96. The molecule has 1 atom stereocenters. The van der Waals surface area contributed by atoms with Gasteiger partial charge in [-0.25, -0.2) is 10.4 Å². The fraction of sp³-hybridized carbons (Fsp3) is 0.192. The number of para-hydroxylation sites is 1. The van der Waals surface area contributed by atoms with E-state index < -0.39 is 0 Å². The molecule has 2 aromatic heterocycles. The smallest absolute Gasteiger partial charge is 0.267 e. The molecule has 0 spiro atoms. The molecule has 5 heteroatoms. The van der Waals surface area contributed by atoms with Crippen LogP contribution in [0.15, 0.2) is 71.1 Å². The van der Waals surface area contributed by atoms with Crippen molar-refractivity contribution in [1.29, 1.82) is 0 Å². The Morgan fingerprint density at radius 2 is 1.94 bits per heavy atom. The molecule has 2 heterocycles. The zero-order valence-corrected chi connectivity index (χ0v) is 18.7. The molecule has 0 aliphatic rings. The first-order chi connectivity index (χ1) is 15.1. The second kappa shape index (κ2) is 9.23. The number of pyridine rings is 1. The topological polar surface area (TPSA) is 54.4 Å². The Bertz CT molecular complexity index is 1240. The quantitative estimate of drug-likeness (QED) is 0.280. The number of aromatic nitrogens is 1. The number of amides is 1. The number of nitrogens with zero attached hydrogens (tertiary/aromatic N) is 2. The number of rotatable bonds is 6. The number of fused-ring (bicyclic) bond motifs is 1. The molecule has 1 amide bonds. The summed E-state index contributed by atoms with van der Waals surface area (Å²) in [4.78, 5) is 18.8. The zero-order chi connectivity index (χ0) is 21.8. The molecule has 0 unspecified atom stereocenters. The van der Waals surface area contributed by atoms with E-state index in [9.17, 15) is 4.79 Å². The molecule has 1 N–H and O–H groups in total. The van der Waals surface area contributed by atoms with Crippen molar-refractivity contribution in [3.63, 3.8) is 0 Å². The SMILES string of the molecule is CC[C@@H](C)c1ccc(-c2cc(C(=O)NN=Cc3sccc3C)c3ccccc3n2)cc1. The molecule has 4 rings (SSSR count). The number of hydrogen-bond donors (Lipinski definition) is 1. The second-order valence-electron chi connectivity index (χ2n) is 7.67. The lowest BCUT2D eigenvalue weighted by molar-refractivity contribution is 0.0956. The first kappa shape index (κ1) is 20.9. The molecule has 31 heavy (non-hydrogen) atoms. The van der Waals surface area contributed by atoms with Crippen molar-refractivity contribution in [1.82, 2.24) is 10.4 Å². The van der Waals surface area contributed by atoms with Crippen LogP contribution in [0.5, 0.6) is 0 Å². The molecule has 2 aromatic carbocycles. The van der Waals surface area contributed by atoms with Crippen LogP contribution in [-0.4, -0.2) is 17.1 Å². The van der Waals surface area contributed by atoms with Gasteiger partial charge in [0.25, 0.3) is 5.91 Å². The third-order valence-electron chi connectivity index (χ3n) is 5.60. The molecule has 4 nitrogen and oxygen atoms in total. The van der Waals surface area contributed by atoms with E-state index in [2.05, 4.69) is 48.6 Å². The summed E-state index contributed by atoms with van der Waals surface area (Å²) in [5.41, 5.74) is 8.24. The number of hydrazone groups is 1. The molecule has 0 saturated carbocycles. The summed E-state index contributed by atoms with van der Waals surface area (Å²) in [6.45, 7) is 6.44. The number of carbonyl (C=O) groups excluding carboxylic acids is 1. The Balaban J connectivity index is 1.67. The van der Waals surface area contributed by atoms with Crippen molar-refractivity contribution in [2.45, 2.75) is 33.1 Å². The second-order valence-corrected chi connectivity index (χ2v) is 8.62. The van der Waals surface area contributed by atoms with Crippen LogP contribution in [0.4, 0.5) is 0 Å². The van der Waals surface area contributed by atoms with E-state index in [1.165, 1.54) is 5.56 Å². The fourth-order valence-corrected chi connectivity index (χ4v) is 4.24. The largest absolute Gasteiger partial charge is 0.272 e. The number of benzene rings is 2. The van der Waals surface area contributed by atoms with Crippen molar-refractivity contribution in [3.05, 3.63) is 87.6 Å². The van der Waals surface area contributed by atoms with E-state index in [0.29, 0.717) is 11.5 Å². The van der Waals surface area contributed by atoms with E-state index in [1.807, 2.05) is 48.7 Å². The number of aryl methyl sites for hydroxylation is 1. The minimum absolute atomic E-state index is 0.249. The molecule has 0 aliphatic carbocycles. The van der Waals surface area contributed by atoms with E-state index in [-0.39, 0.29) is 5.91 Å². The summed E-state index contributed by atoms with van der Waals surface area (Å²) in [5, 5.41) is 6.98. The predicted molar refractivity (Wildman–Crippen MR) is 130 cm³/mol. The van der Waals surface area contributed by atoms with Gasteiger partial charge in [0.15, 0.2) is 0 Å². The van der Waals surface area contributed by atoms with Crippen molar-refractivity contribution in [3.8, 4) is 11.3 Å². The normalized spacial score (nSPS) is 12.4. The van der Waals surface area contributed by atoms with Crippen molar-refractivity contribution < 1.29 is 4.79 Å². The monoisotopic (exact) mass is 427 g/mol. The van der Waals surface area contributed by atoms with Gasteiger partial charge in [-0.15, -0.1) is 11.3 Å². The molecule has 156 valence electrons. The summed E-state index contributed by atoms with van der Waals surface area (Å²) in [6, 6.07) is 20.0. The van der Waals surface area contributed by atoms with Gasteiger partial charge in [0.05, 0.1) is 23.0 Å². The van der Waals surface area contributed by atoms with Gasteiger partial charge in [0, 0.05) is 15.8 Å². The summed E-state index contributed by atoms with van der Waals surface area (Å²) < 4.78 is 0. The van der Waals surface area contributed by atoms with Gasteiger partial charge in [-0.3, -0.25) is 4.79 Å². The fourth-order valence-electron chi connectivity index (χ4n) is 3.46. The maximum atomic E-state index is 13.0. The summed E-state index contributed by atoms with van der Waals surface area (Å²) in [5.74, 6) is 0.270. The van der Waals surface area contributed by atoms with Crippen LogP contribution in [0.2, 0.25) is 0 Å². The molecule has 0 bridgehead atoms. The van der Waals surface area contributed by atoms with Crippen LogP contribution in [0.1, 0.15) is 52.5 Å². The highest BCUT2D eigenvalue weighted by molar-refractivity contribution is 7.11. The van der Waals surface area contributed by atoms with Gasteiger partial charge in [-0.05, 0) is 54.0 Å². The first-order valence-corrected chi connectivity index (χ1v) is 11.3. The maximum Gasteiger partial charge on any atom is 0.272 e. The van der Waals surface area contributed by atoms with Crippen LogP contribution in [-0.2, 0) is 0 Å². The highest BCUT2D eigenvalue weighted by Gasteiger charge is 2.14. The predicted octanol–water partition coefficient (Wildman–Crippen LogP) is 6.55. The molecule has 0 saturated heterocycles. The molecular weight excluding hydrogens is 402 g/mol. The van der Waals surface area contributed by atoms with Crippen molar-refractivity contribution in [2.24, 2.45) is 5.10 Å². The average molecular weight is 428 g/mol. The first-order valence-electron chi connectivity index (χ1n) is 10.4. The molecule has 0 aliphatic heterocycles. The van der Waals surface area contributed by atoms with Crippen LogP contribution in [0, 0.1) is 6.92 Å². The Hall–Kier alpha value is -3.31. The highest BCUT2D eigenvalue weighted by atomic mass is 32.1. The van der Waals surface area contributed by atoms with E-state index in [1.54, 1.807) is 17.6 Å². The number of hydrogen-bond acceptors (Lipinski definition) is 4.